The fraction of sp³-hybridized carbons (Fsp3) is 0.0800. The van der Waals surface area contributed by atoms with E-state index in [0.29, 0.717) is 12.4 Å². The van der Waals surface area contributed by atoms with Gasteiger partial charge in [-0.15, -0.1) is 11.3 Å². The SMILES string of the molecule is CCOc1ccc(N=C(N/N=C/c2c[nH]c3ccccc23)c2nc3ccccc3s2)cc1. The van der Waals surface area contributed by atoms with Gasteiger partial charge < -0.3 is 9.72 Å². The number of amidine groups is 1. The van der Waals surface area contributed by atoms with Gasteiger partial charge in [-0.05, 0) is 49.4 Å². The Morgan fingerprint density at radius 2 is 1.88 bits per heavy atom. The second-order valence-corrected chi connectivity index (χ2v) is 8.06. The highest BCUT2D eigenvalue weighted by Crippen LogP contribution is 2.24. The molecule has 5 rings (SSSR count). The minimum atomic E-state index is 0.589. The first-order valence-electron chi connectivity index (χ1n) is 10.3. The van der Waals surface area contributed by atoms with Crippen LogP contribution in [0.4, 0.5) is 5.69 Å². The maximum atomic E-state index is 5.53. The summed E-state index contributed by atoms with van der Waals surface area (Å²) < 4.78 is 6.63. The first kappa shape index (κ1) is 20.0. The highest BCUT2D eigenvalue weighted by Gasteiger charge is 2.11. The first-order valence-corrected chi connectivity index (χ1v) is 11.1. The number of aromatic amines is 1. The van der Waals surface area contributed by atoms with E-state index in [1.54, 1.807) is 17.6 Å². The van der Waals surface area contributed by atoms with Crippen LogP contribution in [0.25, 0.3) is 21.1 Å². The van der Waals surface area contributed by atoms with Crippen molar-refractivity contribution >= 4 is 50.2 Å². The summed E-state index contributed by atoms with van der Waals surface area (Å²) >= 11 is 1.58. The summed E-state index contributed by atoms with van der Waals surface area (Å²) in [5, 5.41) is 6.36. The lowest BCUT2D eigenvalue weighted by Gasteiger charge is -2.05. The number of benzene rings is 3. The second-order valence-electron chi connectivity index (χ2n) is 7.03. The number of nitrogens with one attached hydrogen (secondary N) is 2. The van der Waals surface area contributed by atoms with Crippen LogP contribution in [-0.2, 0) is 0 Å². The topological polar surface area (TPSA) is 74.7 Å². The molecule has 0 saturated heterocycles. The van der Waals surface area contributed by atoms with Crippen molar-refractivity contribution in [1.29, 1.82) is 0 Å². The van der Waals surface area contributed by atoms with Gasteiger partial charge in [0.2, 0.25) is 0 Å². The molecule has 0 radical (unpaired) electrons. The third-order valence-electron chi connectivity index (χ3n) is 4.88. The quantitative estimate of drug-likeness (QED) is 0.197. The number of H-pyrrole nitrogens is 1. The Morgan fingerprint density at radius 1 is 1.06 bits per heavy atom. The molecule has 0 fully saturated rings. The summed E-state index contributed by atoms with van der Waals surface area (Å²) in [5.41, 5.74) is 6.91. The van der Waals surface area contributed by atoms with Crippen LogP contribution >= 0.6 is 11.3 Å². The average molecular weight is 440 g/mol. The Hall–Kier alpha value is -3.97. The van der Waals surface area contributed by atoms with Gasteiger partial charge in [0, 0.05) is 22.7 Å². The molecule has 0 aliphatic rings. The summed E-state index contributed by atoms with van der Waals surface area (Å²) in [6.07, 6.45) is 3.73. The number of rotatable bonds is 6. The van der Waals surface area contributed by atoms with Crippen LogP contribution in [0, 0.1) is 0 Å². The molecule has 3 aromatic carbocycles. The molecule has 6 nitrogen and oxygen atoms in total. The monoisotopic (exact) mass is 439 g/mol. The summed E-state index contributed by atoms with van der Waals surface area (Å²) in [6.45, 7) is 2.59. The number of fused-ring (bicyclic) bond motifs is 2. The van der Waals surface area contributed by atoms with Crippen LogP contribution < -0.4 is 10.2 Å². The number of ether oxygens (including phenoxy) is 1. The van der Waals surface area contributed by atoms with Gasteiger partial charge in [-0.3, -0.25) is 5.43 Å². The maximum absolute atomic E-state index is 5.53. The Balaban J connectivity index is 1.47. The second kappa shape index (κ2) is 9.03. The molecule has 0 bridgehead atoms. The lowest BCUT2D eigenvalue weighted by molar-refractivity contribution is 0.340. The fourth-order valence-electron chi connectivity index (χ4n) is 3.37. The molecule has 5 aromatic rings. The molecular weight excluding hydrogens is 418 g/mol. The predicted molar refractivity (Wildman–Crippen MR) is 132 cm³/mol. The van der Waals surface area contributed by atoms with Crippen molar-refractivity contribution in [2.24, 2.45) is 10.1 Å². The molecule has 32 heavy (non-hydrogen) atoms. The maximum Gasteiger partial charge on any atom is 0.183 e. The summed E-state index contributed by atoms with van der Waals surface area (Å²) in [7, 11) is 0. The van der Waals surface area contributed by atoms with Gasteiger partial charge in [-0.2, -0.15) is 5.10 Å². The van der Waals surface area contributed by atoms with Gasteiger partial charge in [0.1, 0.15) is 5.75 Å². The Kier molecular flexibility index (Phi) is 5.63. The van der Waals surface area contributed by atoms with Gasteiger partial charge in [0.15, 0.2) is 10.8 Å². The molecule has 0 saturated carbocycles. The van der Waals surface area contributed by atoms with Crippen molar-refractivity contribution in [2.45, 2.75) is 6.92 Å². The molecule has 0 aliphatic heterocycles. The van der Waals surface area contributed by atoms with Gasteiger partial charge in [-0.1, -0.05) is 30.3 Å². The van der Waals surface area contributed by atoms with Crippen molar-refractivity contribution in [3.8, 4) is 5.75 Å². The lowest BCUT2D eigenvalue weighted by Crippen LogP contribution is -2.18. The molecule has 158 valence electrons. The summed E-state index contributed by atoms with van der Waals surface area (Å²) in [5.74, 6) is 1.41. The fourth-order valence-corrected chi connectivity index (χ4v) is 4.28. The van der Waals surface area contributed by atoms with Crippen molar-refractivity contribution in [1.82, 2.24) is 15.4 Å². The van der Waals surface area contributed by atoms with Gasteiger partial charge in [0.05, 0.1) is 28.7 Å². The summed E-state index contributed by atoms with van der Waals surface area (Å²) in [6, 6.07) is 23.8. The number of aliphatic imine (C=N–C) groups is 1. The molecule has 2 heterocycles. The molecule has 2 N–H and O–H groups in total. The molecule has 2 aromatic heterocycles. The summed E-state index contributed by atoms with van der Waals surface area (Å²) in [4.78, 5) is 12.8. The van der Waals surface area contributed by atoms with Crippen LogP contribution in [0.3, 0.4) is 0 Å². The van der Waals surface area contributed by atoms with E-state index in [0.717, 1.165) is 43.1 Å². The van der Waals surface area contributed by atoms with Crippen molar-refractivity contribution < 1.29 is 4.74 Å². The smallest absolute Gasteiger partial charge is 0.183 e. The normalized spacial score (nSPS) is 12.1. The van der Waals surface area contributed by atoms with E-state index in [9.17, 15) is 0 Å². The number of nitrogens with zero attached hydrogens (tertiary/aromatic N) is 3. The molecule has 0 aliphatic carbocycles. The number of aromatic nitrogens is 2. The zero-order valence-electron chi connectivity index (χ0n) is 17.4. The minimum Gasteiger partial charge on any atom is -0.494 e. The van der Waals surface area contributed by atoms with E-state index < -0.39 is 0 Å². The molecule has 0 spiro atoms. The number of para-hydroxylation sites is 2. The van der Waals surface area contributed by atoms with Crippen molar-refractivity contribution in [3.05, 3.63) is 89.6 Å². The number of hydrogen-bond donors (Lipinski definition) is 2. The van der Waals surface area contributed by atoms with Gasteiger partial charge >= 0.3 is 0 Å². The Labute approximate surface area is 189 Å². The molecule has 0 unspecified atom stereocenters. The average Bonchev–Trinajstić information content (AvgIpc) is 3.44. The molecule has 0 atom stereocenters. The number of hydrazone groups is 1. The van der Waals surface area contributed by atoms with E-state index in [1.165, 1.54) is 0 Å². The zero-order chi connectivity index (χ0) is 21.8. The molecule has 0 amide bonds. The van der Waals surface area contributed by atoms with E-state index >= 15 is 0 Å². The van der Waals surface area contributed by atoms with Gasteiger partial charge in [0.25, 0.3) is 0 Å². The third-order valence-corrected chi connectivity index (χ3v) is 5.92. The van der Waals surface area contributed by atoms with Crippen molar-refractivity contribution in [3.63, 3.8) is 0 Å². The standard InChI is InChI=1S/C25H21N5OS/c1-2-31-19-13-11-18(12-14-19)28-24(25-29-22-9-5-6-10-23(22)32-25)30-27-16-17-15-26-21-8-4-3-7-20(17)21/h3-16,26H,2H2,1H3,(H,28,30)/b27-16+. The first-order chi connectivity index (χ1) is 15.8. The minimum absolute atomic E-state index is 0.589. The van der Waals surface area contributed by atoms with E-state index in [4.69, 9.17) is 14.7 Å². The van der Waals surface area contributed by atoms with E-state index in [-0.39, 0.29) is 0 Å². The Bertz CT molecular complexity index is 1380. The van der Waals surface area contributed by atoms with Crippen molar-refractivity contribution in [2.75, 3.05) is 6.61 Å². The largest absolute Gasteiger partial charge is 0.494 e. The molecule has 7 heteroatoms. The van der Waals surface area contributed by atoms with Crippen LogP contribution in [0.15, 0.2) is 89.1 Å². The van der Waals surface area contributed by atoms with Crippen LogP contribution in [0.1, 0.15) is 17.5 Å². The number of thiazole rings is 1. The Morgan fingerprint density at radius 3 is 2.72 bits per heavy atom. The van der Waals surface area contributed by atoms with Crippen LogP contribution in [0.5, 0.6) is 5.75 Å². The molecular formula is C25H21N5OS. The van der Waals surface area contributed by atoms with E-state index in [2.05, 4.69) is 27.6 Å². The van der Waals surface area contributed by atoms with Gasteiger partial charge in [-0.25, -0.2) is 9.98 Å². The number of hydrogen-bond acceptors (Lipinski definition) is 5. The van der Waals surface area contributed by atoms with Crippen LogP contribution in [-0.4, -0.2) is 28.6 Å². The highest BCUT2D eigenvalue weighted by molar-refractivity contribution is 7.20. The third kappa shape index (κ3) is 4.24. The van der Waals surface area contributed by atoms with Crippen LogP contribution in [0.2, 0.25) is 0 Å². The lowest BCUT2D eigenvalue weighted by atomic mass is 10.2. The van der Waals surface area contributed by atoms with E-state index in [1.807, 2.05) is 73.8 Å². The predicted octanol–water partition coefficient (Wildman–Crippen LogP) is 5.88. The highest BCUT2D eigenvalue weighted by atomic mass is 32.1. The zero-order valence-corrected chi connectivity index (χ0v) is 18.3.